The van der Waals surface area contributed by atoms with Crippen LogP contribution in [-0.4, -0.2) is 30.3 Å². The summed E-state index contributed by atoms with van der Waals surface area (Å²) in [4.78, 5) is 5.10. The van der Waals surface area contributed by atoms with E-state index in [9.17, 15) is 13.9 Å². The van der Waals surface area contributed by atoms with E-state index in [2.05, 4.69) is 20.4 Å². The number of aromatic nitrogens is 5. The van der Waals surface area contributed by atoms with Gasteiger partial charge in [0.25, 0.3) is 0 Å². The van der Waals surface area contributed by atoms with E-state index in [0.717, 1.165) is 10.9 Å². The molecule has 1 atom stereocenters. The molecule has 2 aromatic heterocycles. The molecule has 6 nitrogen and oxygen atoms in total. The summed E-state index contributed by atoms with van der Waals surface area (Å²) < 4.78 is 26.5. The summed E-state index contributed by atoms with van der Waals surface area (Å²) in [6.07, 6.45) is 1.99. The Kier molecular flexibility index (Phi) is 3.84. The standard InChI is InChI=1S/C14H11F2N5O/c15-10-3-4-11(12(16)6-10)13(22)8-21-19-14(18-20-21)9-2-1-5-17-7-9/h1-7,13,22H,8H2/t13-/m1/s1. The van der Waals surface area contributed by atoms with Gasteiger partial charge in [0.1, 0.15) is 17.7 Å². The second-order valence-electron chi connectivity index (χ2n) is 4.59. The van der Waals surface area contributed by atoms with Gasteiger partial charge >= 0.3 is 0 Å². The monoisotopic (exact) mass is 303 g/mol. The van der Waals surface area contributed by atoms with Crippen molar-refractivity contribution in [3.8, 4) is 11.4 Å². The Morgan fingerprint density at radius 3 is 2.82 bits per heavy atom. The zero-order chi connectivity index (χ0) is 15.5. The summed E-state index contributed by atoms with van der Waals surface area (Å²) in [6, 6.07) is 6.49. The highest BCUT2D eigenvalue weighted by atomic mass is 19.1. The lowest BCUT2D eigenvalue weighted by atomic mass is 10.1. The number of tetrazole rings is 1. The van der Waals surface area contributed by atoms with Gasteiger partial charge in [-0.25, -0.2) is 8.78 Å². The normalized spacial score (nSPS) is 12.3. The lowest BCUT2D eigenvalue weighted by Crippen LogP contribution is -2.13. The summed E-state index contributed by atoms with van der Waals surface area (Å²) in [5.74, 6) is -1.17. The van der Waals surface area contributed by atoms with E-state index in [1.807, 2.05) is 0 Å². The van der Waals surface area contributed by atoms with Crippen LogP contribution in [-0.2, 0) is 6.54 Å². The van der Waals surface area contributed by atoms with Gasteiger partial charge in [0.2, 0.25) is 5.82 Å². The Morgan fingerprint density at radius 2 is 2.09 bits per heavy atom. The summed E-state index contributed by atoms with van der Waals surface area (Å²) in [5, 5.41) is 21.8. The molecule has 0 amide bonds. The fraction of sp³-hybridized carbons (Fsp3) is 0.143. The van der Waals surface area contributed by atoms with Crippen molar-refractivity contribution in [3.63, 3.8) is 0 Å². The summed E-state index contributed by atoms with van der Waals surface area (Å²) in [6.45, 7) is -0.101. The van der Waals surface area contributed by atoms with Crippen molar-refractivity contribution in [2.45, 2.75) is 12.6 Å². The molecule has 0 fully saturated rings. The van der Waals surface area contributed by atoms with Gasteiger partial charge in [-0.15, -0.1) is 10.2 Å². The van der Waals surface area contributed by atoms with Crippen molar-refractivity contribution >= 4 is 0 Å². The molecule has 0 saturated heterocycles. The van der Waals surface area contributed by atoms with Gasteiger partial charge in [0, 0.05) is 29.6 Å². The summed E-state index contributed by atoms with van der Waals surface area (Å²) >= 11 is 0. The van der Waals surface area contributed by atoms with Gasteiger partial charge in [-0.2, -0.15) is 4.80 Å². The van der Waals surface area contributed by atoms with Crippen LogP contribution in [0.2, 0.25) is 0 Å². The number of hydrogen-bond acceptors (Lipinski definition) is 5. The van der Waals surface area contributed by atoms with E-state index in [0.29, 0.717) is 17.5 Å². The number of aliphatic hydroxyl groups is 1. The molecule has 0 saturated carbocycles. The van der Waals surface area contributed by atoms with E-state index in [1.54, 1.807) is 24.5 Å². The first-order chi connectivity index (χ1) is 10.6. The molecular formula is C14H11F2N5O. The molecule has 22 heavy (non-hydrogen) atoms. The molecule has 0 radical (unpaired) electrons. The minimum absolute atomic E-state index is 0.0263. The van der Waals surface area contributed by atoms with Crippen LogP contribution >= 0.6 is 0 Å². The highest BCUT2D eigenvalue weighted by Crippen LogP contribution is 2.19. The average Bonchev–Trinajstić information content (AvgIpc) is 2.96. The Bertz CT molecular complexity index is 778. The third-order valence-corrected chi connectivity index (χ3v) is 3.03. The van der Waals surface area contributed by atoms with Crippen LogP contribution in [0.1, 0.15) is 11.7 Å². The Hall–Kier alpha value is -2.74. The first-order valence-electron chi connectivity index (χ1n) is 6.44. The van der Waals surface area contributed by atoms with E-state index in [1.165, 1.54) is 6.07 Å². The minimum atomic E-state index is -1.21. The smallest absolute Gasteiger partial charge is 0.206 e. The molecular weight excluding hydrogens is 292 g/mol. The third kappa shape index (κ3) is 2.96. The number of nitrogens with zero attached hydrogens (tertiary/aromatic N) is 5. The second-order valence-corrected chi connectivity index (χ2v) is 4.59. The zero-order valence-corrected chi connectivity index (χ0v) is 11.3. The molecule has 0 spiro atoms. The van der Waals surface area contributed by atoms with Gasteiger partial charge in [0.05, 0.1) is 6.54 Å². The van der Waals surface area contributed by atoms with Crippen LogP contribution in [0.3, 0.4) is 0 Å². The van der Waals surface area contributed by atoms with E-state index in [4.69, 9.17) is 0 Å². The van der Waals surface area contributed by atoms with Gasteiger partial charge in [-0.3, -0.25) is 4.98 Å². The SMILES string of the molecule is O[C@H](Cn1nnc(-c2cccnc2)n1)c1ccc(F)cc1F. The Morgan fingerprint density at radius 1 is 1.23 bits per heavy atom. The van der Waals surface area contributed by atoms with E-state index in [-0.39, 0.29) is 12.1 Å². The number of rotatable bonds is 4. The quantitative estimate of drug-likeness (QED) is 0.794. The molecule has 0 aliphatic rings. The van der Waals surface area contributed by atoms with Gasteiger partial charge < -0.3 is 5.11 Å². The maximum Gasteiger partial charge on any atom is 0.206 e. The highest BCUT2D eigenvalue weighted by Gasteiger charge is 2.16. The van der Waals surface area contributed by atoms with Crippen molar-refractivity contribution in [2.24, 2.45) is 0 Å². The van der Waals surface area contributed by atoms with Crippen molar-refractivity contribution in [2.75, 3.05) is 0 Å². The predicted octanol–water partition coefficient (Wildman–Crippen LogP) is 1.75. The summed E-state index contributed by atoms with van der Waals surface area (Å²) in [7, 11) is 0. The molecule has 0 unspecified atom stereocenters. The zero-order valence-electron chi connectivity index (χ0n) is 11.3. The van der Waals surface area contributed by atoms with Crippen LogP contribution in [0.5, 0.6) is 0 Å². The van der Waals surface area contributed by atoms with Gasteiger partial charge in [-0.1, -0.05) is 6.07 Å². The maximum absolute atomic E-state index is 13.6. The Labute approximate surface area is 124 Å². The molecule has 0 aliphatic heterocycles. The lowest BCUT2D eigenvalue weighted by Gasteiger charge is -2.10. The summed E-state index contributed by atoms with van der Waals surface area (Å²) in [5.41, 5.74) is 0.651. The number of pyridine rings is 1. The fourth-order valence-corrected chi connectivity index (χ4v) is 1.96. The first kappa shape index (κ1) is 14.2. The second kappa shape index (κ2) is 5.94. The third-order valence-electron chi connectivity index (χ3n) is 3.03. The van der Waals surface area contributed by atoms with Crippen LogP contribution in [0.25, 0.3) is 11.4 Å². The number of benzene rings is 1. The molecule has 0 bridgehead atoms. The molecule has 0 aliphatic carbocycles. The van der Waals surface area contributed by atoms with Crippen molar-refractivity contribution in [3.05, 3.63) is 59.9 Å². The van der Waals surface area contributed by atoms with Gasteiger partial charge in [-0.05, 0) is 23.4 Å². The molecule has 1 aromatic carbocycles. The predicted molar refractivity (Wildman–Crippen MR) is 72.4 cm³/mol. The van der Waals surface area contributed by atoms with Gasteiger partial charge in [0.15, 0.2) is 0 Å². The average molecular weight is 303 g/mol. The van der Waals surface area contributed by atoms with Crippen molar-refractivity contribution in [1.29, 1.82) is 0 Å². The van der Waals surface area contributed by atoms with Crippen LogP contribution < -0.4 is 0 Å². The topological polar surface area (TPSA) is 76.7 Å². The van der Waals surface area contributed by atoms with E-state index < -0.39 is 17.7 Å². The number of hydrogen-bond donors (Lipinski definition) is 1. The number of halogens is 2. The van der Waals surface area contributed by atoms with Crippen LogP contribution in [0.4, 0.5) is 8.78 Å². The Balaban J connectivity index is 1.77. The number of aliphatic hydroxyl groups excluding tert-OH is 1. The lowest BCUT2D eigenvalue weighted by molar-refractivity contribution is 0.140. The first-order valence-corrected chi connectivity index (χ1v) is 6.44. The molecule has 1 N–H and O–H groups in total. The minimum Gasteiger partial charge on any atom is -0.386 e. The van der Waals surface area contributed by atoms with Crippen molar-refractivity contribution < 1.29 is 13.9 Å². The molecule has 112 valence electrons. The molecule has 3 rings (SSSR count). The van der Waals surface area contributed by atoms with E-state index >= 15 is 0 Å². The maximum atomic E-state index is 13.6. The molecule has 2 heterocycles. The largest absolute Gasteiger partial charge is 0.386 e. The highest BCUT2D eigenvalue weighted by molar-refractivity contribution is 5.51. The van der Waals surface area contributed by atoms with Crippen LogP contribution in [0.15, 0.2) is 42.7 Å². The fourth-order valence-electron chi connectivity index (χ4n) is 1.96. The van der Waals surface area contributed by atoms with Crippen molar-refractivity contribution in [1.82, 2.24) is 25.2 Å². The molecule has 3 aromatic rings. The molecule has 8 heteroatoms. The van der Waals surface area contributed by atoms with Crippen LogP contribution in [0, 0.1) is 11.6 Å².